The van der Waals surface area contributed by atoms with Crippen LogP contribution in [0.2, 0.25) is 5.15 Å². The number of hydrogen-bond acceptors (Lipinski definition) is 6. The SMILES string of the molecule is Nc1c(Cl)ncnc1Sc1nnc2ccccn12. The first-order chi connectivity index (χ1) is 8.75. The van der Waals surface area contributed by atoms with Gasteiger partial charge in [-0.1, -0.05) is 17.7 Å². The fourth-order valence-corrected chi connectivity index (χ4v) is 2.42. The summed E-state index contributed by atoms with van der Waals surface area (Å²) in [5.74, 6) is 0. The minimum absolute atomic E-state index is 0.237. The highest BCUT2D eigenvalue weighted by Gasteiger charge is 2.12. The maximum absolute atomic E-state index is 5.84. The monoisotopic (exact) mass is 278 g/mol. The van der Waals surface area contributed by atoms with E-state index in [9.17, 15) is 0 Å². The van der Waals surface area contributed by atoms with Gasteiger partial charge in [0.1, 0.15) is 17.0 Å². The Labute approximate surface area is 111 Å². The third kappa shape index (κ3) is 1.87. The zero-order valence-corrected chi connectivity index (χ0v) is 10.6. The van der Waals surface area contributed by atoms with Gasteiger partial charge in [-0.15, -0.1) is 10.2 Å². The Morgan fingerprint density at radius 3 is 3.00 bits per heavy atom. The third-order valence-electron chi connectivity index (χ3n) is 2.27. The molecule has 0 amide bonds. The maximum Gasteiger partial charge on any atom is 0.201 e. The molecule has 0 unspecified atom stereocenters. The molecule has 6 nitrogen and oxygen atoms in total. The van der Waals surface area contributed by atoms with E-state index in [-0.39, 0.29) is 5.15 Å². The van der Waals surface area contributed by atoms with E-state index in [1.54, 1.807) is 0 Å². The summed E-state index contributed by atoms with van der Waals surface area (Å²) in [7, 11) is 0. The summed E-state index contributed by atoms with van der Waals surface area (Å²) in [4.78, 5) is 7.89. The van der Waals surface area contributed by atoms with E-state index in [1.807, 2.05) is 28.8 Å². The molecule has 3 heterocycles. The van der Waals surface area contributed by atoms with Gasteiger partial charge in [0.2, 0.25) is 5.16 Å². The van der Waals surface area contributed by atoms with E-state index >= 15 is 0 Å². The standard InChI is InChI=1S/C10H7ClN6S/c11-8-7(12)9(14-5-13-8)18-10-16-15-6-3-1-2-4-17(6)10/h1-5H,12H2. The lowest BCUT2D eigenvalue weighted by Gasteiger charge is -2.03. The number of pyridine rings is 1. The Morgan fingerprint density at radius 1 is 1.22 bits per heavy atom. The molecule has 2 N–H and O–H groups in total. The fourth-order valence-electron chi connectivity index (χ4n) is 1.42. The van der Waals surface area contributed by atoms with Crippen molar-refractivity contribution in [3.63, 3.8) is 0 Å². The molecule has 0 bridgehead atoms. The van der Waals surface area contributed by atoms with Crippen molar-refractivity contribution in [2.75, 3.05) is 5.73 Å². The summed E-state index contributed by atoms with van der Waals surface area (Å²) in [5, 5.41) is 9.59. The molecule has 0 atom stereocenters. The zero-order chi connectivity index (χ0) is 12.5. The van der Waals surface area contributed by atoms with Crippen LogP contribution in [-0.2, 0) is 0 Å². The summed E-state index contributed by atoms with van der Waals surface area (Å²) in [6, 6.07) is 5.67. The summed E-state index contributed by atoms with van der Waals surface area (Å²) < 4.78 is 1.85. The molecule has 0 aliphatic carbocycles. The molecule has 0 spiro atoms. The van der Waals surface area contributed by atoms with Crippen LogP contribution in [-0.4, -0.2) is 24.6 Å². The van der Waals surface area contributed by atoms with Crippen molar-refractivity contribution in [3.8, 4) is 0 Å². The Morgan fingerprint density at radius 2 is 2.11 bits per heavy atom. The molecular formula is C10H7ClN6S. The Kier molecular flexibility index (Phi) is 2.77. The molecular weight excluding hydrogens is 272 g/mol. The first-order valence-electron chi connectivity index (χ1n) is 4.99. The normalized spacial score (nSPS) is 10.9. The predicted molar refractivity (Wildman–Crippen MR) is 68.6 cm³/mol. The quantitative estimate of drug-likeness (QED) is 0.721. The van der Waals surface area contributed by atoms with Crippen molar-refractivity contribution in [1.82, 2.24) is 24.6 Å². The lowest BCUT2D eigenvalue weighted by molar-refractivity contribution is 0.915. The van der Waals surface area contributed by atoms with E-state index in [0.717, 1.165) is 5.65 Å². The molecule has 0 saturated heterocycles. The topological polar surface area (TPSA) is 82.0 Å². The molecule has 3 aromatic heterocycles. The van der Waals surface area contributed by atoms with Crippen LogP contribution in [0.1, 0.15) is 0 Å². The van der Waals surface area contributed by atoms with Gasteiger partial charge in [0.25, 0.3) is 0 Å². The molecule has 0 aromatic carbocycles. The number of nitrogens with two attached hydrogens (primary N) is 1. The zero-order valence-electron chi connectivity index (χ0n) is 8.99. The number of fused-ring (bicyclic) bond motifs is 1. The van der Waals surface area contributed by atoms with Crippen LogP contribution in [0.3, 0.4) is 0 Å². The lowest BCUT2D eigenvalue weighted by Crippen LogP contribution is -1.96. The highest BCUT2D eigenvalue weighted by molar-refractivity contribution is 7.99. The minimum atomic E-state index is 0.237. The first-order valence-corrected chi connectivity index (χ1v) is 6.19. The van der Waals surface area contributed by atoms with Crippen LogP contribution >= 0.6 is 23.4 Å². The van der Waals surface area contributed by atoms with Gasteiger partial charge >= 0.3 is 0 Å². The van der Waals surface area contributed by atoms with Gasteiger partial charge in [-0.05, 0) is 23.9 Å². The number of rotatable bonds is 2. The molecule has 0 aliphatic heterocycles. The molecule has 18 heavy (non-hydrogen) atoms. The van der Waals surface area contributed by atoms with Crippen LogP contribution in [0.15, 0.2) is 40.9 Å². The largest absolute Gasteiger partial charge is 0.394 e. The van der Waals surface area contributed by atoms with Gasteiger partial charge in [-0.2, -0.15) is 0 Å². The van der Waals surface area contributed by atoms with Crippen molar-refractivity contribution in [3.05, 3.63) is 35.9 Å². The van der Waals surface area contributed by atoms with Crippen molar-refractivity contribution >= 4 is 34.7 Å². The molecule has 3 rings (SSSR count). The van der Waals surface area contributed by atoms with E-state index in [0.29, 0.717) is 15.9 Å². The van der Waals surface area contributed by atoms with Crippen LogP contribution in [0, 0.1) is 0 Å². The van der Waals surface area contributed by atoms with Crippen molar-refractivity contribution in [1.29, 1.82) is 0 Å². The Bertz CT molecular complexity index is 712. The van der Waals surface area contributed by atoms with Gasteiger partial charge in [0.05, 0.1) is 0 Å². The molecule has 8 heteroatoms. The van der Waals surface area contributed by atoms with E-state index in [1.165, 1.54) is 18.1 Å². The molecule has 0 radical (unpaired) electrons. The summed E-state index contributed by atoms with van der Waals surface area (Å²) in [5.41, 5.74) is 6.92. The molecule has 90 valence electrons. The predicted octanol–water partition coefficient (Wildman–Crippen LogP) is 1.91. The smallest absolute Gasteiger partial charge is 0.201 e. The molecule has 0 aliphatic rings. The Balaban J connectivity index is 2.04. The second kappa shape index (κ2) is 4.43. The van der Waals surface area contributed by atoms with E-state index in [4.69, 9.17) is 17.3 Å². The Hall–Kier alpha value is -1.86. The van der Waals surface area contributed by atoms with Crippen LogP contribution in [0.4, 0.5) is 5.69 Å². The highest BCUT2D eigenvalue weighted by atomic mass is 35.5. The van der Waals surface area contributed by atoms with Crippen molar-refractivity contribution < 1.29 is 0 Å². The summed E-state index contributed by atoms with van der Waals surface area (Å²) in [6.07, 6.45) is 3.24. The first kappa shape index (κ1) is 11.2. The number of hydrogen-bond donors (Lipinski definition) is 1. The molecule has 0 saturated carbocycles. The average molecular weight is 279 g/mol. The van der Waals surface area contributed by atoms with Crippen LogP contribution < -0.4 is 5.73 Å². The van der Waals surface area contributed by atoms with Crippen LogP contribution in [0.25, 0.3) is 5.65 Å². The number of anilines is 1. The number of aromatic nitrogens is 5. The van der Waals surface area contributed by atoms with Gasteiger partial charge in [-0.3, -0.25) is 4.40 Å². The summed E-state index contributed by atoms with van der Waals surface area (Å²) in [6.45, 7) is 0. The van der Waals surface area contributed by atoms with Gasteiger partial charge < -0.3 is 5.73 Å². The van der Waals surface area contributed by atoms with Crippen LogP contribution in [0.5, 0.6) is 0 Å². The molecule has 3 aromatic rings. The van der Waals surface area contributed by atoms with Crippen molar-refractivity contribution in [2.24, 2.45) is 0 Å². The molecule has 0 fully saturated rings. The number of nitrogens with zero attached hydrogens (tertiary/aromatic N) is 5. The number of halogens is 1. The van der Waals surface area contributed by atoms with Crippen molar-refractivity contribution in [2.45, 2.75) is 10.2 Å². The average Bonchev–Trinajstić information content (AvgIpc) is 2.79. The minimum Gasteiger partial charge on any atom is -0.394 e. The maximum atomic E-state index is 5.84. The van der Waals surface area contributed by atoms with E-state index in [2.05, 4.69) is 20.2 Å². The third-order valence-corrected chi connectivity index (χ3v) is 3.55. The van der Waals surface area contributed by atoms with Gasteiger partial charge in [0.15, 0.2) is 10.8 Å². The second-order valence-electron chi connectivity index (χ2n) is 3.40. The fraction of sp³-hybridized carbons (Fsp3) is 0. The number of nitrogen functional groups attached to an aromatic ring is 1. The lowest BCUT2D eigenvalue weighted by atomic mass is 10.5. The highest BCUT2D eigenvalue weighted by Crippen LogP contribution is 2.31. The van der Waals surface area contributed by atoms with Gasteiger partial charge in [-0.25, -0.2) is 9.97 Å². The second-order valence-corrected chi connectivity index (χ2v) is 4.71. The van der Waals surface area contributed by atoms with E-state index < -0.39 is 0 Å². The van der Waals surface area contributed by atoms with Gasteiger partial charge in [0, 0.05) is 6.20 Å². The summed E-state index contributed by atoms with van der Waals surface area (Å²) >= 11 is 7.13.